The minimum atomic E-state index is -0.342. The zero-order valence-corrected chi connectivity index (χ0v) is 11.6. The van der Waals surface area contributed by atoms with E-state index >= 15 is 0 Å². The maximum atomic E-state index is 12.9. The predicted molar refractivity (Wildman–Crippen MR) is 80.5 cm³/mol. The van der Waals surface area contributed by atoms with Gasteiger partial charge in [-0.1, -0.05) is 18.2 Å². The molecule has 0 radical (unpaired) electrons. The lowest BCUT2D eigenvalue weighted by Crippen LogP contribution is -2.26. The first-order valence-electron chi connectivity index (χ1n) is 6.71. The van der Waals surface area contributed by atoms with Gasteiger partial charge in [0.05, 0.1) is 0 Å². The summed E-state index contributed by atoms with van der Waals surface area (Å²) in [6.45, 7) is 0.500. The lowest BCUT2D eigenvalue weighted by atomic mass is 10.1. The van der Waals surface area contributed by atoms with Gasteiger partial charge in [-0.2, -0.15) is 0 Å². The summed E-state index contributed by atoms with van der Waals surface area (Å²) in [5.41, 5.74) is 2.59. The molecule has 4 heteroatoms. The minimum absolute atomic E-state index is 0.125. The molecule has 0 saturated carbocycles. The van der Waals surface area contributed by atoms with E-state index in [0.717, 1.165) is 16.5 Å². The average Bonchev–Trinajstić information content (AvgIpc) is 2.91. The Bertz CT molecular complexity index is 777. The Morgan fingerprint density at radius 1 is 1.14 bits per heavy atom. The predicted octanol–water partition coefficient (Wildman–Crippen LogP) is 3.58. The van der Waals surface area contributed by atoms with Gasteiger partial charge in [0.1, 0.15) is 5.82 Å². The van der Waals surface area contributed by atoms with Gasteiger partial charge >= 0.3 is 0 Å². The molecule has 2 aromatic carbocycles. The molecular formula is C17H15FN2O. The molecule has 1 aromatic heterocycles. The summed E-state index contributed by atoms with van der Waals surface area (Å²) in [4.78, 5) is 17.1. The molecule has 0 bridgehead atoms. The van der Waals surface area contributed by atoms with Crippen LogP contribution in [0.25, 0.3) is 10.9 Å². The van der Waals surface area contributed by atoms with Crippen molar-refractivity contribution < 1.29 is 9.18 Å². The molecule has 0 atom stereocenters. The molecule has 3 nitrogen and oxygen atoms in total. The van der Waals surface area contributed by atoms with Crippen molar-refractivity contribution in [2.75, 3.05) is 7.05 Å². The summed E-state index contributed by atoms with van der Waals surface area (Å²) in [5.74, 6) is -0.467. The number of amides is 1. The van der Waals surface area contributed by atoms with Crippen LogP contribution < -0.4 is 0 Å². The minimum Gasteiger partial charge on any atom is -0.361 e. The van der Waals surface area contributed by atoms with Crippen LogP contribution in [0.5, 0.6) is 0 Å². The molecule has 0 spiro atoms. The lowest BCUT2D eigenvalue weighted by molar-refractivity contribution is 0.0785. The Labute approximate surface area is 122 Å². The Hall–Kier alpha value is -2.62. The van der Waals surface area contributed by atoms with Crippen molar-refractivity contribution in [3.05, 3.63) is 71.7 Å². The van der Waals surface area contributed by atoms with Crippen molar-refractivity contribution in [2.45, 2.75) is 6.54 Å². The van der Waals surface area contributed by atoms with Crippen molar-refractivity contribution >= 4 is 16.8 Å². The molecule has 21 heavy (non-hydrogen) atoms. The van der Waals surface area contributed by atoms with Crippen molar-refractivity contribution in [2.24, 2.45) is 0 Å². The second-order valence-electron chi connectivity index (χ2n) is 5.03. The number of aromatic amines is 1. The van der Waals surface area contributed by atoms with Gasteiger partial charge in [-0.25, -0.2) is 4.39 Å². The molecule has 0 saturated heterocycles. The molecule has 106 valence electrons. The molecule has 3 aromatic rings. The first-order valence-corrected chi connectivity index (χ1v) is 6.71. The van der Waals surface area contributed by atoms with Crippen molar-refractivity contribution in [3.63, 3.8) is 0 Å². The van der Waals surface area contributed by atoms with Crippen molar-refractivity contribution in [1.82, 2.24) is 9.88 Å². The number of H-pyrrole nitrogens is 1. The SMILES string of the molecule is CN(Cc1c[nH]c2ccccc12)C(=O)c1ccc(F)cc1. The van der Waals surface area contributed by atoms with E-state index in [4.69, 9.17) is 0 Å². The largest absolute Gasteiger partial charge is 0.361 e. The molecule has 0 fully saturated rings. The molecule has 0 aliphatic carbocycles. The highest BCUT2D eigenvalue weighted by molar-refractivity contribution is 5.94. The molecule has 1 heterocycles. The zero-order valence-electron chi connectivity index (χ0n) is 11.6. The average molecular weight is 282 g/mol. The molecular weight excluding hydrogens is 267 g/mol. The summed E-state index contributed by atoms with van der Waals surface area (Å²) < 4.78 is 12.9. The van der Waals surface area contributed by atoms with Crippen molar-refractivity contribution in [1.29, 1.82) is 0 Å². The molecule has 1 N–H and O–H groups in total. The van der Waals surface area contributed by atoms with Crippen LogP contribution in [0.4, 0.5) is 4.39 Å². The van der Waals surface area contributed by atoms with E-state index in [-0.39, 0.29) is 11.7 Å². The first kappa shape index (κ1) is 13.4. The zero-order chi connectivity index (χ0) is 14.8. The summed E-state index contributed by atoms with van der Waals surface area (Å²) in [7, 11) is 1.74. The number of aromatic nitrogens is 1. The number of halogens is 1. The topological polar surface area (TPSA) is 36.1 Å². The fourth-order valence-corrected chi connectivity index (χ4v) is 2.40. The van der Waals surface area contributed by atoms with Crippen LogP contribution in [0.2, 0.25) is 0 Å². The molecule has 0 unspecified atom stereocenters. The van der Waals surface area contributed by atoms with E-state index in [1.807, 2.05) is 30.5 Å². The van der Waals surface area contributed by atoms with Gasteiger partial charge in [-0.3, -0.25) is 4.79 Å². The van der Waals surface area contributed by atoms with Crippen LogP contribution in [-0.4, -0.2) is 22.8 Å². The lowest BCUT2D eigenvalue weighted by Gasteiger charge is -2.16. The summed E-state index contributed by atoms with van der Waals surface area (Å²) in [6.07, 6.45) is 1.92. The number of nitrogens with one attached hydrogen (secondary N) is 1. The Kier molecular flexibility index (Phi) is 3.44. The Balaban J connectivity index is 1.81. The molecule has 3 rings (SSSR count). The Morgan fingerprint density at radius 2 is 1.86 bits per heavy atom. The third-order valence-electron chi connectivity index (χ3n) is 3.52. The van der Waals surface area contributed by atoms with Crippen LogP contribution in [0, 0.1) is 5.82 Å². The van der Waals surface area contributed by atoms with Gasteiger partial charge in [-0.15, -0.1) is 0 Å². The molecule has 0 aliphatic heterocycles. The first-order chi connectivity index (χ1) is 10.1. The van der Waals surface area contributed by atoms with Gasteiger partial charge < -0.3 is 9.88 Å². The number of para-hydroxylation sites is 1. The standard InChI is InChI=1S/C17H15FN2O/c1-20(17(21)12-6-8-14(18)9-7-12)11-13-10-19-16-5-3-2-4-15(13)16/h2-10,19H,11H2,1H3. The fraction of sp³-hybridized carbons (Fsp3) is 0.118. The van der Waals surface area contributed by atoms with Crippen molar-refractivity contribution in [3.8, 4) is 0 Å². The van der Waals surface area contributed by atoms with E-state index < -0.39 is 0 Å². The molecule has 0 aliphatic rings. The number of hydrogen-bond donors (Lipinski definition) is 1. The number of hydrogen-bond acceptors (Lipinski definition) is 1. The second kappa shape index (κ2) is 5.40. The maximum absolute atomic E-state index is 12.9. The van der Waals surface area contributed by atoms with Gasteiger partial charge in [0.15, 0.2) is 0 Å². The normalized spacial score (nSPS) is 10.8. The number of carbonyl (C=O) groups excluding carboxylic acids is 1. The van der Waals surface area contributed by atoms with Gasteiger partial charge in [0.2, 0.25) is 0 Å². The number of fused-ring (bicyclic) bond motifs is 1. The van der Waals surface area contributed by atoms with E-state index in [2.05, 4.69) is 4.98 Å². The van der Waals surface area contributed by atoms with E-state index in [1.165, 1.54) is 24.3 Å². The number of rotatable bonds is 3. The number of nitrogens with zero attached hydrogens (tertiary/aromatic N) is 1. The second-order valence-corrected chi connectivity index (χ2v) is 5.03. The third-order valence-corrected chi connectivity index (χ3v) is 3.52. The van der Waals surface area contributed by atoms with E-state index in [0.29, 0.717) is 12.1 Å². The van der Waals surface area contributed by atoms with Crippen LogP contribution >= 0.6 is 0 Å². The summed E-state index contributed by atoms with van der Waals surface area (Å²) >= 11 is 0. The van der Waals surface area contributed by atoms with Crippen LogP contribution in [0.1, 0.15) is 15.9 Å². The van der Waals surface area contributed by atoms with Gasteiger partial charge in [-0.05, 0) is 35.9 Å². The number of benzene rings is 2. The van der Waals surface area contributed by atoms with Crippen LogP contribution in [0.15, 0.2) is 54.7 Å². The highest BCUT2D eigenvalue weighted by atomic mass is 19.1. The monoisotopic (exact) mass is 282 g/mol. The van der Waals surface area contributed by atoms with Gasteiger partial charge in [0.25, 0.3) is 5.91 Å². The maximum Gasteiger partial charge on any atom is 0.253 e. The Morgan fingerprint density at radius 3 is 2.62 bits per heavy atom. The van der Waals surface area contributed by atoms with Crippen LogP contribution in [0.3, 0.4) is 0 Å². The fourth-order valence-electron chi connectivity index (χ4n) is 2.40. The number of carbonyl (C=O) groups is 1. The van der Waals surface area contributed by atoms with Gasteiger partial charge in [0, 0.05) is 36.3 Å². The van der Waals surface area contributed by atoms with Crippen LogP contribution in [-0.2, 0) is 6.54 Å². The third kappa shape index (κ3) is 2.65. The summed E-state index contributed by atoms with van der Waals surface area (Å²) in [6, 6.07) is 13.6. The van der Waals surface area contributed by atoms with E-state index in [1.54, 1.807) is 11.9 Å². The highest BCUT2D eigenvalue weighted by Gasteiger charge is 2.13. The molecule has 1 amide bonds. The highest BCUT2D eigenvalue weighted by Crippen LogP contribution is 2.19. The quantitative estimate of drug-likeness (QED) is 0.783. The summed E-state index contributed by atoms with van der Waals surface area (Å²) in [5, 5.41) is 1.11. The van der Waals surface area contributed by atoms with E-state index in [9.17, 15) is 9.18 Å². The smallest absolute Gasteiger partial charge is 0.253 e.